The topological polar surface area (TPSA) is 117 Å². The third-order valence-corrected chi connectivity index (χ3v) is 6.05. The zero-order chi connectivity index (χ0) is 20.0. The van der Waals surface area contributed by atoms with E-state index in [-0.39, 0.29) is 6.54 Å². The summed E-state index contributed by atoms with van der Waals surface area (Å²) in [5.74, 6) is -0.549. The Morgan fingerprint density at radius 1 is 1.25 bits per heavy atom. The first-order chi connectivity index (χ1) is 13.4. The predicted octanol–water partition coefficient (Wildman–Crippen LogP) is 1.87. The molecule has 0 unspecified atom stereocenters. The summed E-state index contributed by atoms with van der Waals surface area (Å²) in [6.07, 6.45) is 0.641. The lowest BCUT2D eigenvalue weighted by atomic mass is 9.89. The zero-order valence-corrected chi connectivity index (χ0v) is 16.2. The van der Waals surface area contributed by atoms with Crippen LogP contribution >= 0.6 is 11.6 Å². The summed E-state index contributed by atoms with van der Waals surface area (Å²) in [6, 6.07) is 6.63. The number of rotatable bonds is 4. The molecule has 3 aromatic rings. The van der Waals surface area contributed by atoms with Crippen LogP contribution in [0.3, 0.4) is 0 Å². The molecular formula is C20H23ClN4O3. The minimum Gasteiger partial charge on any atom is -0.390 e. The van der Waals surface area contributed by atoms with Crippen molar-refractivity contribution in [3.8, 4) is 0 Å². The van der Waals surface area contributed by atoms with Gasteiger partial charge in [0.25, 0.3) is 0 Å². The molecule has 0 radical (unpaired) electrons. The number of fused-ring (bicyclic) bond motifs is 1. The third kappa shape index (κ3) is 3.09. The van der Waals surface area contributed by atoms with Crippen molar-refractivity contribution in [2.75, 3.05) is 0 Å². The van der Waals surface area contributed by atoms with Crippen LogP contribution in [0.5, 0.6) is 0 Å². The summed E-state index contributed by atoms with van der Waals surface area (Å²) >= 11 is 6.03. The van der Waals surface area contributed by atoms with E-state index in [1.165, 1.54) is 6.33 Å². The first-order valence-corrected chi connectivity index (χ1v) is 9.61. The average Bonchev–Trinajstić information content (AvgIpc) is 3.24. The summed E-state index contributed by atoms with van der Waals surface area (Å²) < 4.78 is 1.86. The largest absolute Gasteiger partial charge is 0.390 e. The molecule has 1 aromatic carbocycles. The molecule has 7 nitrogen and oxygen atoms in total. The van der Waals surface area contributed by atoms with Crippen LogP contribution in [-0.2, 0) is 6.54 Å². The van der Waals surface area contributed by atoms with Crippen molar-refractivity contribution in [2.24, 2.45) is 11.7 Å². The van der Waals surface area contributed by atoms with Gasteiger partial charge in [0.05, 0.1) is 23.9 Å². The number of benzene rings is 1. The molecule has 0 saturated heterocycles. The molecule has 1 saturated carbocycles. The van der Waals surface area contributed by atoms with E-state index < -0.39 is 30.3 Å². The van der Waals surface area contributed by atoms with E-state index >= 15 is 0 Å². The maximum Gasteiger partial charge on any atom is 0.143 e. The Labute approximate surface area is 167 Å². The van der Waals surface area contributed by atoms with Gasteiger partial charge in [-0.05, 0) is 42.7 Å². The number of halogens is 1. The van der Waals surface area contributed by atoms with E-state index in [0.717, 1.165) is 16.6 Å². The number of aromatic nitrogens is 3. The van der Waals surface area contributed by atoms with E-state index in [4.69, 9.17) is 17.3 Å². The zero-order valence-electron chi connectivity index (χ0n) is 15.4. The molecule has 0 aliphatic heterocycles. The maximum absolute atomic E-state index is 11.0. The molecule has 5 atom stereocenters. The first-order valence-electron chi connectivity index (χ1n) is 9.23. The van der Waals surface area contributed by atoms with Gasteiger partial charge in [-0.25, -0.2) is 9.97 Å². The highest BCUT2D eigenvalue weighted by Crippen LogP contribution is 2.43. The van der Waals surface area contributed by atoms with Crippen molar-refractivity contribution in [1.29, 1.82) is 0 Å². The summed E-state index contributed by atoms with van der Waals surface area (Å²) in [4.78, 5) is 8.53. The second-order valence-electron chi connectivity index (χ2n) is 7.36. The van der Waals surface area contributed by atoms with E-state index in [9.17, 15) is 15.3 Å². The fraction of sp³-hybridized carbons (Fsp3) is 0.400. The Bertz CT molecular complexity index is 1010. The Hall–Kier alpha value is -2.03. The van der Waals surface area contributed by atoms with Crippen molar-refractivity contribution < 1.29 is 15.3 Å². The standard InChI is InChI=1S/C20H23ClN4O3/c1-10-13-4-5-25(20(13)24-9-23-10)16-7-15(18(27)19(16)28)17(26)14-3-2-12(21)6-11(14)8-22/h2-6,9,15-19,26-28H,7-8,22H2,1H3/t15-,16-,17+,18-,19+/m1/s1. The highest BCUT2D eigenvalue weighted by Gasteiger charge is 2.46. The van der Waals surface area contributed by atoms with Crippen molar-refractivity contribution in [1.82, 2.24) is 14.5 Å². The second kappa shape index (κ2) is 7.42. The molecule has 1 fully saturated rings. The molecule has 2 heterocycles. The van der Waals surface area contributed by atoms with Gasteiger partial charge in [0.15, 0.2) is 0 Å². The fourth-order valence-corrected chi connectivity index (χ4v) is 4.46. The molecule has 0 spiro atoms. The molecule has 1 aliphatic carbocycles. The number of aliphatic hydroxyl groups excluding tert-OH is 3. The molecular weight excluding hydrogens is 380 g/mol. The Morgan fingerprint density at radius 3 is 2.79 bits per heavy atom. The van der Waals surface area contributed by atoms with Crippen LogP contribution in [0.4, 0.5) is 0 Å². The maximum atomic E-state index is 11.0. The van der Waals surface area contributed by atoms with Gasteiger partial charge < -0.3 is 25.6 Å². The summed E-state index contributed by atoms with van der Waals surface area (Å²) in [5, 5.41) is 33.8. The van der Waals surface area contributed by atoms with Crippen molar-refractivity contribution >= 4 is 22.6 Å². The molecule has 0 amide bonds. The van der Waals surface area contributed by atoms with E-state index in [1.54, 1.807) is 18.2 Å². The highest BCUT2D eigenvalue weighted by atomic mass is 35.5. The van der Waals surface area contributed by atoms with Crippen LogP contribution in [-0.4, -0.2) is 42.1 Å². The van der Waals surface area contributed by atoms with Crippen LogP contribution in [0.25, 0.3) is 11.0 Å². The number of hydrogen-bond donors (Lipinski definition) is 4. The summed E-state index contributed by atoms with van der Waals surface area (Å²) in [5.41, 5.74) is 8.70. The lowest BCUT2D eigenvalue weighted by Crippen LogP contribution is -2.31. The highest BCUT2D eigenvalue weighted by molar-refractivity contribution is 6.30. The van der Waals surface area contributed by atoms with Crippen LogP contribution in [0.15, 0.2) is 36.8 Å². The van der Waals surface area contributed by atoms with Gasteiger partial charge in [-0.15, -0.1) is 0 Å². The molecule has 5 N–H and O–H groups in total. The van der Waals surface area contributed by atoms with E-state index in [2.05, 4.69) is 9.97 Å². The molecule has 8 heteroatoms. The molecule has 2 aromatic heterocycles. The van der Waals surface area contributed by atoms with Gasteiger partial charge in [-0.1, -0.05) is 17.7 Å². The quantitative estimate of drug-likeness (QED) is 0.529. The number of nitrogens with two attached hydrogens (primary N) is 1. The smallest absolute Gasteiger partial charge is 0.143 e. The minimum atomic E-state index is -1.08. The van der Waals surface area contributed by atoms with E-state index in [1.807, 2.05) is 23.8 Å². The Balaban J connectivity index is 1.67. The van der Waals surface area contributed by atoms with Crippen LogP contribution in [0, 0.1) is 12.8 Å². The van der Waals surface area contributed by atoms with Gasteiger partial charge in [0, 0.05) is 29.1 Å². The summed E-state index contributed by atoms with van der Waals surface area (Å²) in [7, 11) is 0. The SMILES string of the molecule is Cc1ncnc2c1ccn2[C@@H]1C[C@H]([C@@H](O)c2ccc(Cl)cc2CN)[C@@H](O)[C@H]1O. The molecule has 28 heavy (non-hydrogen) atoms. The van der Waals surface area contributed by atoms with Gasteiger partial charge in [0.2, 0.25) is 0 Å². The normalized spacial score (nSPS) is 26.1. The van der Waals surface area contributed by atoms with Crippen LogP contribution < -0.4 is 5.73 Å². The lowest BCUT2D eigenvalue weighted by Gasteiger charge is -2.24. The van der Waals surface area contributed by atoms with Gasteiger partial charge in [0.1, 0.15) is 18.1 Å². The number of nitrogens with zero attached hydrogens (tertiary/aromatic N) is 3. The Kier molecular flexibility index (Phi) is 5.11. The Morgan fingerprint density at radius 2 is 2.04 bits per heavy atom. The third-order valence-electron chi connectivity index (χ3n) is 5.81. The molecule has 148 valence electrons. The van der Waals surface area contributed by atoms with Crippen LogP contribution in [0.1, 0.15) is 35.4 Å². The minimum absolute atomic E-state index is 0.222. The molecule has 1 aliphatic rings. The number of hydrogen-bond acceptors (Lipinski definition) is 6. The van der Waals surface area contributed by atoms with Gasteiger partial charge in [-0.3, -0.25) is 0 Å². The summed E-state index contributed by atoms with van der Waals surface area (Å²) in [6.45, 7) is 2.12. The molecule has 0 bridgehead atoms. The first kappa shape index (κ1) is 19.3. The average molecular weight is 403 g/mol. The van der Waals surface area contributed by atoms with Crippen molar-refractivity contribution in [2.45, 2.75) is 44.2 Å². The number of aryl methyl sites for hydroxylation is 1. The van der Waals surface area contributed by atoms with Crippen molar-refractivity contribution in [3.05, 3.63) is 58.6 Å². The van der Waals surface area contributed by atoms with Crippen LogP contribution in [0.2, 0.25) is 5.02 Å². The van der Waals surface area contributed by atoms with E-state index in [0.29, 0.717) is 22.7 Å². The van der Waals surface area contributed by atoms with Gasteiger partial charge in [-0.2, -0.15) is 0 Å². The van der Waals surface area contributed by atoms with Gasteiger partial charge >= 0.3 is 0 Å². The lowest BCUT2D eigenvalue weighted by molar-refractivity contribution is -0.0266. The fourth-order valence-electron chi connectivity index (χ4n) is 4.27. The predicted molar refractivity (Wildman–Crippen MR) is 106 cm³/mol. The van der Waals surface area contributed by atoms with Crippen molar-refractivity contribution in [3.63, 3.8) is 0 Å². The number of aliphatic hydroxyl groups is 3. The monoisotopic (exact) mass is 402 g/mol. The second-order valence-corrected chi connectivity index (χ2v) is 7.80. The molecule has 4 rings (SSSR count).